The summed E-state index contributed by atoms with van der Waals surface area (Å²) in [6.45, 7) is 3.45. The molecule has 150 valence electrons. The molecule has 3 heterocycles. The van der Waals surface area contributed by atoms with Crippen LogP contribution in [0.25, 0.3) is 11.0 Å². The highest BCUT2D eigenvalue weighted by Gasteiger charge is 2.51. The van der Waals surface area contributed by atoms with Gasteiger partial charge in [-0.25, -0.2) is 9.97 Å². The lowest BCUT2D eigenvalue weighted by molar-refractivity contribution is -0.165. The Morgan fingerprint density at radius 1 is 1.07 bits per heavy atom. The highest BCUT2D eigenvalue weighted by atomic mass is 35.5. The quantitative estimate of drug-likeness (QED) is 0.426. The van der Waals surface area contributed by atoms with Crippen molar-refractivity contribution in [3.63, 3.8) is 0 Å². The number of aromatic amines is 1. The van der Waals surface area contributed by atoms with Gasteiger partial charge in [-0.1, -0.05) is 11.6 Å². The number of hydrogen-bond donors (Lipinski definition) is 1. The molecule has 28 heavy (non-hydrogen) atoms. The maximum Gasteiger partial charge on any atom is 0.303 e. The summed E-state index contributed by atoms with van der Waals surface area (Å²) in [5.41, 5.74) is 1.02. The minimum absolute atomic E-state index is 0.127. The summed E-state index contributed by atoms with van der Waals surface area (Å²) in [7, 11) is 0. The van der Waals surface area contributed by atoms with E-state index in [0.717, 1.165) is 0 Å². The zero-order valence-corrected chi connectivity index (χ0v) is 15.9. The molecule has 3 rings (SSSR count). The minimum atomic E-state index is -1.03. The van der Waals surface area contributed by atoms with Crippen molar-refractivity contribution in [2.75, 3.05) is 6.61 Å². The lowest BCUT2D eigenvalue weighted by Gasteiger charge is -2.23. The molecule has 2 aromatic heterocycles. The second-order valence-corrected chi connectivity index (χ2v) is 6.40. The Hall–Kier alpha value is -2.79. The molecule has 0 unspecified atom stereocenters. The van der Waals surface area contributed by atoms with Gasteiger partial charge < -0.3 is 18.9 Å². The molecular formula is C16H17ClN4O7. The Morgan fingerprint density at radius 3 is 2.39 bits per heavy atom. The van der Waals surface area contributed by atoms with Gasteiger partial charge in [-0.2, -0.15) is 5.10 Å². The van der Waals surface area contributed by atoms with Crippen LogP contribution in [0.5, 0.6) is 0 Å². The second-order valence-electron chi connectivity index (χ2n) is 6.04. The van der Waals surface area contributed by atoms with Gasteiger partial charge in [-0.3, -0.25) is 19.5 Å². The Balaban J connectivity index is 2.01. The number of nitrogens with zero attached hydrogens (tertiary/aromatic N) is 3. The first-order valence-electron chi connectivity index (χ1n) is 8.25. The van der Waals surface area contributed by atoms with E-state index in [4.69, 9.17) is 30.5 Å². The number of carbonyl (C=O) groups excluding carboxylic acids is 3. The third kappa shape index (κ3) is 4.04. The average molecular weight is 413 g/mol. The number of halogens is 1. The molecule has 1 aliphatic heterocycles. The lowest BCUT2D eigenvalue weighted by atomic mass is 10.0. The first kappa shape index (κ1) is 20.0. The molecular weight excluding hydrogens is 396 g/mol. The molecule has 0 bridgehead atoms. The zero-order valence-electron chi connectivity index (χ0n) is 15.2. The molecule has 0 aromatic carbocycles. The molecule has 0 amide bonds. The molecule has 1 fully saturated rings. The Morgan fingerprint density at radius 2 is 1.75 bits per heavy atom. The van der Waals surface area contributed by atoms with E-state index in [1.165, 1.54) is 27.1 Å². The minimum Gasteiger partial charge on any atom is -0.463 e. The lowest BCUT2D eigenvalue weighted by Crippen LogP contribution is -2.40. The van der Waals surface area contributed by atoms with Crippen LogP contribution in [0.4, 0.5) is 0 Å². The van der Waals surface area contributed by atoms with Crippen molar-refractivity contribution < 1.29 is 33.3 Å². The van der Waals surface area contributed by atoms with E-state index in [1.54, 1.807) is 0 Å². The van der Waals surface area contributed by atoms with Crippen LogP contribution in [0, 0.1) is 0 Å². The molecule has 1 saturated heterocycles. The fourth-order valence-electron chi connectivity index (χ4n) is 2.97. The highest BCUT2D eigenvalue weighted by molar-refractivity contribution is 6.33. The van der Waals surface area contributed by atoms with Gasteiger partial charge in [0, 0.05) is 20.8 Å². The Bertz CT molecular complexity index is 918. The first-order valence-corrected chi connectivity index (χ1v) is 8.63. The third-order valence-corrected chi connectivity index (χ3v) is 4.25. The monoisotopic (exact) mass is 412 g/mol. The van der Waals surface area contributed by atoms with Gasteiger partial charge in [0.2, 0.25) is 0 Å². The molecule has 0 radical (unpaired) electrons. The van der Waals surface area contributed by atoms with E-state index in [0.29, 0.717) is 16.7 Å². The van der Waals surface area contributed by atoms with Gasteiger partial charge in [0.15, 0.2) is 17.4 Å². The number of fused-ring (bicyclic) bond motifs is 1. The number of aromatic nitrogens is 4. The summed E-state index contributed by atoms with van der Waals surface area (Å²) in [6.07, 6.45) is -2.59. The van der Waals surface area contributed by atoms with E-state index < -0.39 is 42.3 Å². The van der Waals surface area contributed by atoms with Crippen LogP contribution in [0.1, 0.15) is 32.6 Å². The normalized spacial score (nSPS) is 24.1. The molecule has 0 saturated carbocycles. The number of esters is 3. The van der Waals surface area contributed by atoms with Gasteiger partial charge >= 0.3 is 17.9 Å². The van der Waals surface area contributed by atoms with Gasteiger partial charge in [0.1, 0.15) is 36.2 Å². The first-order chi connectivity index (χ1) is 13.3. The van der Waals surface area contributed by atoms with E-state index in [2.05, 4.69) is 20.2 Å². The maximum atomic E-state index is 11.7. The van der Waals surface area contributed by atoms with Crippen LogP contribution in [-0.2, 0) is 33.3 Å². The van der Waals surface area contributed by atoms with Gasteiger partial charge in [-0.15, -0.1) is 0 Å². The van der Waals surface area contributed by atoms with Crippen molar-refractivity contribution in [2.45, 2.75) is 45.2 Å². The molecule has 0 spiro atoms. The fourth-order valence-corrected chi connectivity index (χ4v) is 3.14. The SMILES string of the molecule is CC(=O)OC[C@H]1O[C@@H](c2[nH]nc3c(Cl)ncnc23)[C@@H](OC(C)=O)[C@@H]1OC(C)=O. The van der Waals surface area contributed by atoms with Crippen molar-refractivity contribution in [3.8, 4) is 0 Å². The van der Waals surface area contributed by atoms with Crippen LogP contribution in [-0.4, -0.2) is 63.0 Å². The molecule has 1 N–H and O–H groups in total. The summed E-state index contributed by atoms with van der Waals surface area (Å²) in [5, 5.41) is 6.95. The van der Waals surface area contributed by atoms with E-state index in [-0.39, 0.29) is 11.8 Å². The van der Waals surface area contributed by atoms with Gasteiger partial charge in [0.05, 0.1) is 5.69 Å². The van der Waals surface area contributed by atoms with Gasteiger partial charge in [-0.05, 0) is 0 Å². The maximum absolute atomic E-state index is 11.7. The van der Waals surface area contributed by atoms with Crippen LogP contribution in [0.2, 0.25) is 5.15 Å². The van der Waals surface area contributed by atoms with Gasteiger partial charge in [0.25, 0.3) is 0 Å². The highest BCUT2D eigenvalue weighted by Crippen LogP contribution is 2.39. The number of H-pyrrole nitrogens is 1. The number of hydrogen-bond acceptors (Lipinski definition) is 10. The van der Waals surface area contributed by atoms with E-state index in [1.807, 2.05) is 0 Å². The number of ether oxygens (including phenoxy) is 4. The summed E-state index contributed by atoms with van der Waals surface area (Å²) in [4.78, 5) is 42.4. The Labute approximate surface area is 163 Å². The third-order valence-electron chi connectivity index (χ3n) is 3.97. The number of nitrogens with one attached hydrogen (secondary N) is 1. The number of carbonyl (C=O) groups is 3. The van der Waals surface area contributed by atoms with Crippen molar-refractivity contribution >= 4 is 40.5 Å². The van der Waals surface area contributed by atoms with Crippen molar-refractivity contribution in [1.82, 2.24) is 20.2 Å². The van der Waals surface area contributed by atoms with Crippen LogP contribution >= 0.6 is 11.6 Å². The van der Waals surface area contributed by atoms with E-state index >= 15 is 0 Å². The fraction of sp³-hybridized carbons (Fsp3) is 0.500. The summed E-state index contributed by atoms with van der Waals surface area (Å²) < 4.78 is 21.6. The van der Waals surface area contributed by atoms with Crippen LogP contribution < -0.4 is 0 Å². The summed E-state index contributed by atoms with van der Waals surface area (Å²) >= 11 is 6.02. The standard InChI is InChI=1S/C16H17ClN4O7/c1-6(22)25-4-9-13(26-7(2)23)15(27-8(3)24)14(28-9)11-10-12(21-20-11)16(17)19-5-18-10/h5,9,13-15H,4H2,1-3H3,(H,20,21)/t9-,13-,14+,15+/m1/s1. The van der Waals surface area contributed by atoms with E-state index in [9.17, 15) is 14.4 Å². The van der Waals surface area contributed by atoms with Crippen LogP contribution in [0.3, 0.4) is 0 Å². The zero-order chi connectivity index (χ0) is 20.4. The Kier molecular flexibility index (Phi) is 5.75. The van der Waals surface area contributed by atoms with Crippen molar-refractivity contribution in [3.05, 3.63) is 17.2 Å². The summed E-state index contributed by atoms with van der Waals surface area (Å²) in [5.74, 6) is -1.76. The molecule has 0 aliphatic carbocycles. The van der Waals surface area contributed by atoms with Crippen LogP contribution in [0.15, 0.2) is 6.33 Å². The predicted molar refractivity (Wildman–Crippen MR) is 92.0 cm³/mol. The smallest absolute Gasteiger partial charge is 0.303 e. The molecule has 11 nitrogen and oxygen atoms in total. The molecule has 1 aliphatic rings. The average Bonchev–Trinajstić information content (AvgIpc) is 3.16. The predicted octanol–water partition coefficient (Wildman–Crippen LogP) is 0.873. The summed E-state index contributed by atoms with van der Waals surface area (Å²) in [6, 6.07) is 0. The largest absolute Gasteiger partial charge is 0.463 e. The molecule has 4 atom stereocenters. The van der Waals surface area contributed by atoms with Crippen molar-refractivity contribution in [1.29, 1.82) is 0 Å². The molecule has 12 heteroatoms. The number of rotatable bonds is 5. The van der Waals surface area contributed by atoms with Crippen molar-refractivity contribution in [2.24, 2.45) is 0 Å². The molecule has 2 aromatic rings. The topological polar surface area (TPSA) is 143 Å². The second kappa shape index (κ2) is 8.07.